The minimum absolute atomic E-state index is 0.341. The van der Waals surface area contributed by atoms with Crippen LogP contribution in [0.5, 0.6) is 5.75 Å². The Morgan fingerprint density at radius 3 is 1.56 bits per heavy atom. The van der Waals surface area contributed by atoms with E-state index in [1.165, 1.54) is 51.4 Å². The van der Waals surface area contributed by atoms with Gasteiger partial charge in [0.05, 0.1) is 5.92 Å². The van der Waals surface area contributed by atoms with Crippen LogP contribution in [-0.2, 0) is 0 Å². The Hall–Kier alpha value is -1.33. The van der Waals surface area contributed by atoms with Crippen LogP contribution in [0, 0.1) is 64.8 Å². The fourth-order valence-corrected chi connectivity index (χ4v) is 8.20. The van der Waals surface area contributed by atoms with Crippen LogP contribution in [0.15, 0.2) is 12.1 Å². The fraction of sp³-hybridized carbons (Fsp3) is 0.786. The normalized spacial score (nSPS) is 38.6. The summed E-state index contributed by atoms with van der Waals surface area (Å²) in [6.45, 7) is 2.40. The SMILES string of the molecule is CC1CC2CC(C3CCC(C4CCC(C(F)(F)Oc5cc(F)c(F)c(F)c5)CC4)CC3)CC2C1. The lowest BCUT2D eigenvalue weighted by atomic mass is 9.67. The second-order valence-corrected chi connectivity index (χ2v) is 12.0. The average molecular weight is 485 g/mol. The van der Waals surface area contributed by atoms with Gasteiger partial charge in [0.15, 0.2) is 17.5 Å². The first-order chi connectivity index (χ1) is 16.2. The average Bonchev–Trinajstić information content (AvgIpc) is 3.35. The highest BCUT2D eigenvalue weighted by Gasteiger charge is 2.46. The van der Waals surface area contributed by atoms with Crippen LogP contribution < -0.4 is 4.74 Å². The van der Waals surface area contributed by atoms with Gasteiger partial charge >= 0.3 is 6.11 Å². The summed E-state index contributed by atoms with van der Waals surface area (Å²) in [6, 6.07) is 0.961. The van der Waals surface area contributed by atoms with Crippen LogP contribution in [0.4, 0.5) is 22.0 Å². The summed E-state index contributed by atoms with van der Waals surface area (Å²) in [4.78, 5) is 0. The maximum Gasteiger partial charge on any atom is 0.400 e. The van der Waals surface area contributed by atoms with Crippen molar-refractivity contribution in [1.82, 2.24) is 0 Å². The number of rotatable bonds is 5. The first kappa shape index (κ1) is 24.4. The molecule has 0 spiro atoms. The predicted molar refractivity (Wildman–Crippen MR) is 121 cm³/mol. The van der Waals surface area contributed by atoms with Crippen molar-refractivity contribution in [1.29, 1.82) is 0 Å². The molecule has 2 unspecified atom stereocenters. The molecule has 34 heavy (non-hydrogen) atoms. The van der Waals surface area contributed by atoms with Crippen LogP contribution in [0.1, 0.15) is 84.0 Å². The van der Waals surface area contributed by atoms with Gasteiger partial charge in [0, 0.05) is 12.1 Å². The molecule has 0 aliphatic heterocycles. The van der Waals surface area contributed by atoms with Crippen molar-refractivity contribution >= 4 is 0 Å². The van der Waals surface area contributed by atoms with E-state index in [1.54, 1.807) is 0 Å². The maximum absolute atomic E-state index is 14.7. The second kappa shape index (κ2) is 9.61. The van der Waals surface area contributed by atoms with E-state index in [0.717, 1.165) is 42.4 Å². The standard InChI is InChI=1S/C28H37F5O/c1-16-10-20-12-22(13-21(20)11-16)19-4-2-17(3-5-19)18-6-8-23(9-7-18)28(32,33)34-24-14-25(29)27(31)26(30)15-24/h14-23H,2-13H2,1H3. The first-order valence-corrected chi connectivity index (χ1v) is 13.4. The third kappa shape index (κ3) is 4.97. The molecule has 0 heterocycles. The van der Waals surface area contributed by atoms with Gasteiger partial charge in [-0.05, 0) is 118 Å². The zero-order valence-electron chi connectivity index (χ0n) is 20.1. The lowest BCUT2D eigenvalue weighted by Gasteiger charge is -2.40. The van der Waals surface area contributed by atoms with Crippen molar-refractivity contribution in [2.24, 2.45) is 47.3 Å². The van der Waals surface area contributed by atoms with Crippen molar-refractivity contribution in [3.8, 4) is 5.75 Å². The molecule has 0 bridgehead atoms. The number of fused-ring (bicyclic) bond motifs is 1. The smallest absolute Gasteiger partial charge is 0.400 e. The summed E-state index contributed by atoms with van der Waals surface area (Å²) in [5.41, 5.74) is 0. The Morgan fingerprint density at radius 2 is 1.06 bits per heavy atom. The van der Waals surface area contributed by atoms with E-state index in [9.17, 15) is 22.0 Å². The second-order valence-electron chi connectivity index (χ2n) is 12.0. The summed E-state index contributed by atoms with van der Waals surface area (Å²) in [5.74, 6) is -0.650. The zero-order valence-corrected chi connectivity index (χ0v) is 20.1. The van der Waals surface area contributed by atoms with Gasteiger partial charge in [-0.2, -0.15) is 8.78 Å². The van der Waals surface area contributed by atoms with Gasteiger partial charge in [0.1, 0.15) is 5.75 Å². The molecule has 4 aliphatic carbocycles. The van der Waals surface area contributed by atoms with Gasteiger partial charge in [-0.1, -0.05) is 6.92 Å². The lowest BCUT2D eigenvalue weighted by Crippen LogP contribution is -2.38. The number of alkyl halides is 2. The number of hydrogen-bond acceptors (Lipinski definition) is 1. The summed E-state index contributed by atoms with van der Waals surface area (Å²) >= 11 is 0. The molecular formula is C28H37F5O. The molecule has 1 aromatic carbocycles. The molecule has 0 aromatic heterocycles. The lowest BCUT2D eigenvalue weighted by molar-refractivity contribution is -0.224. The van der Waals surface area contributed by atoms with E-state index in [0.29, 0.717) is 36.8 Å². The molecule has 190 valence electrons. The van der Waals surface area contributed by atoms with Crippen LogP contribution in [0.25, 0.3) is 0 Å². The van der Waals surface area contributed by atoms with Crippen molar-refractivity contribution in [3.63, 3.8) is 0 Å². The van der Waals surface area contributed by atoms with Crippen LogP contribution in [-0.4, -0.2) is 6.11 Å². The van der Waals surface area contributed by atoms with Gasteiger partial charge in [-0.3, -0.25) is 0 Å². The monoisotopic (exact) mass is 484 g/mol. The van der Waals surface area contributed by atoms with Gasteiger partial charge < -0.3 is 4.74 Å². The quantitative estimate of drug-likeness (QED) is 0.300. The van der Waals surface area contributed by atoms with E-state index >= 15 is 0 Å². The fourth-order valence-electron chi connectivity index (χ4n) is 8.20. The topological polar surface area (TPSA) is 9.23 Å². The molecule has 0 radical (unpaired) electrons. The van der Waals surface area contributed by atoms with Crippen LogP contribution in [0.3, 0.4) is 0 Å². The molecule has 1 aromatic rings. The molecule has 4 fully saturated rings. The first-order valence-electron chi connectivity index (χ1n) is 13.4. The molecule has 2 atom stereocenters. The molecule has 0 amide bonds. The molecule has 5 rings (SSSR count). The molecule has 4 saturated carbocycles. The molecule has 1 nitrogen and oxygen atoms in total. The summed E-state index contributed by atoms with van der Waals surface area (Å²) in [5, 5.41) is 0. The highest BCUT2D eigenvalue weighted by Crippen LogP contribution is 2.54. The third-order valence-electron chi connectivity index (χ3n) is 9.90. The molecular weight excluding hydrogens is 447 g/mol. The summed E-state index contributed by atoms with van der Waals surface area (Å²) < 4.78 is 73.9. The Morgan fingerprint density at radius 1 is 0.647 bits per heavy atom. The summed E-state index contributed by atoms with van der Waals surface area (Å²) in [6.07, 6.45) is 9.42. The number of halogens is 5. The Bertz CT molecular complexity index is 819. The minimum atomic E-state index is -3.53. The number of hydrogen-bond donors (Lipinski definition) is 0. The number of benzene rings is 1. The van der Waals surface area contributed by atoms with Gasteiger partial charge in [-0.25, -0.2) is 13.2 Å². The predicted octanol–water partition coefficient (Wildman–Crippen LogP) is 8.76. The van der Waals surface area contributed by atoms with Gasteiger partial charge in [0.2, 0.25) is 0 Å². The Balaban J connectivity index is 1.08. The highest BCUT2D eigenvalue weighted by atomic mass is 19.3. The Kier molecular flexibility index (Phi) is 6.89. The minimum Gasteiger partial charge on any atom is -0.432 e. The van der Waals surface area contributed by atoms with Crippen LogP contribution >= 0.6 is 0 Å². The summed E-state index contributed by atoms with van der Waals surface area (Å²) in [7, 11) is 0. The molecule has 0 saturated heterocycles. The van der Waals surface area contributed by atoms with E-state index in [1.807, 2.05) is 0 Å². The Labute approximate surface area is 199 Å². The maximum atomic E-state index is 14.7. The molecule has 4 aliphatic rings. The highest BCUT2D eigenvalue weighted by molar-refractivity contribution is 5.25. The largest absolute Gasteiger partial charge is 0.432 e. The van der Waals surface area contributed by atoms with E-state index in [4.69, 9.17) is 0 Å². The van der Waals surface area contributed by atoms with Crippen LogP contribution in [0.2, 0.25) is 0 Å². The van der Waals surface area contributed by atoms with E-state index < -0.39 is 35.2 Å². The van der Waals surface area contributed by atoms with Crippen molar-refractivity contribution < 1.29 is 26.7 Å². The van der Waals surface area contributed by atoms with Crippen molar-refractivity contribution in [2.45, 2.75) is 90.1 Å². The zero-order chi connectivity index (χ0) is 24.0. The van der Waals surface area contributed by atoms with E-state index in [2.05, 4.69) is 11.7 Å². The van der Waals surface area contributed by atoms with E-state index in [-0.39, 0.29) is 0 Å². The molecule has 6 heteroatoms. The van der Waals surface area contributed by atoms with Crippen molar-refractivity contribution in [2.75, 3.05) is 0 Å². The van der Waals surface area contributed by atoms with Crippen molar-refractivity contribution in [3.05, 3.63) is 29.6 Å². The molecule has 0 N–H and O–H groups in total. The van der Waals surface area contributed by atoms with Gasteiger partial charge in [0.25, 0.3) is 0 Å². The third-order valence-corrected chi connectivity index (χ3v) is 9.90. The van der Waals surface area contributed by atoms with Gasteiger partial charge in [-0.15, -0.1) is 0 Å². The number of ether oxygens (including phenoxy) is 1.